The lowest BCUT2D eigenvalue weighted by Gasteiger charge is -2.21. The van der Waals surface area contributed by atoms with Gasteiger partial charge in [0.2, 0.25) is 5.88 Å². The molecule has 1 N–H and O–H groups in total. The molecule has 0 spiro atoms. The lowest BCUT2D eigenvalue weighted by molar-refractivity contribution is -0.118. The van der Waals surface area contributed by atoms with Crippen molar-refractivity contribution in [3.05, 3.63) is 17.8 Å². The van der Waals surface area contributed by atoms with Gasteiger partial charge >= 0.3 is 0 Å². The molecule has 0 unspecified atom stereocenters. The summed E-state index contributed by atoms with van der Waals surface area (Å²) in [6.45, 7) is 4.22. The molecule has 0 fully saturated rings. The summed E-state index contributed by atoms with van der Waals surface area (Å²) in [5, 5.41) is 2.74. The van der Waals surface area contributed by atoms with Gasteiger partial charge < -0.3 is 10.1 Å². The molecule has 1 amide bonds. The molecule has 0 aromatic carbocycles. The topological polar surface area (TPSA) is 51.2 Å². The summed E-state index contributed by atoms with van der Waals surface area (Å²) >= 11 is 2.33. The van der Waals surface area contributed by atoms with Crippen LogP contribution < -0.4 is 10.1 Å². The average molecular weight is 318 g/mol. The Morgan fingerprint density at radius 3 is 3.00 bits per heavy atom. The van der Waals surface area contributed by atoms with Crippen molar-refractivity contribution in [3.8, 4) is 5.88 Å². The third-order valence-electron chi connectivity index (χ3n) is 2.15. The van der Waals surface area contributed by atoms with Crippen LogP contribution in [0.4, 0.5) is 5.69 Å². The normalized spacial score (nSPS) is 15.3. The molecular formula is C10H11IN2O2. The van der Waals surface area contributed by atoms with Gasteiger partial charge in [0, 0.05) is 9.62 Å². The molecule has 2 heterocycles. The van der Waals surface area contributed by atoms with Crippen LogP contribution in [-0.4, -0.2) is 17.5 Å². The van der Waals surface area contributed by atoms with Crippen LogP contribution in [0.2, 0.25) is 0 Å². The highest BCUT2D eigenvalue weighted by molar-refractivity contribution is 14.1. The fraction of sp³-hybridized carbons (Fsp3) is 0.400. The van der Waals surface area contributed by atoms with Crippen molar-refractivity contribution >= 4 is 34.2 Å². The van der Waals surface area contributed by atoms with Gasteiger partial charge in [0.25, 0.3) is 5.91 Å². The molecule has 0 atom stereocenters. The fourth-order valence-electron chi connectivity index (χ4n) is 1.30. The van der Waals surface area contributed by atoms with Crippen LogP contribution >= 0.6 is 22.6 Å². The van der Waals surface area contributed by atoms with Gasteiger partial charge in [0.1, 0.15) is 5.69 Å². The lowest BCUT2D eigenvalue weighted by atomic mass is 10.1. The molecule has 0 bridgehead atoms. The van der Waals surface area contributed by atoms with Crippen molar-refractivity contribution in [2.75, 3.05) is 11.9 Å². The van der Waals surface area contributed by atoms with Crippen LogP contribution in [0.15, 0.2) is 12.3 Å². The number of nitrogens with zero attached hydrogens (tertiary/aromatic N) is 1. The Labute approximate surface area is 102 Å². The zero-order valence-electron chi connectivity index (χ0n) is 8.50. The van der Waals surface area contributed by atoms with Gasteiger partial charge in [0.15, 0.2) is 6.61 Å². The maximum absolute atomic E-state index is 11.1. The second-order valence-electron chi connectivity index (χ2n) is 3.89. The van der Waals surface area contributed by atoms with E-state index in [4.69, 9.17) is 4.74 Å². The van der Waals surface area contributed by atoms with Crippen molar-refractivity contribution < 1.29 is 9.53 Å². The van der Waals surface area contributed by atoms with E-state index in [1.54, 1.807) is 6.20 Å². The number of anilines is 1. The maximum Gasteiger partial charge on any atom is 0.262 e. The molecule has 5 heteroatoms. The minimum absolute atomic E-state index is 0.0119. The molecule has 1 aliphatic rings. The summed E-state index contributed by atoms with van der Waals surface area (Å²) in [5.41, 5.74) is 1.72. The van der Waals surface area contributed by atoms with Gasteiger partial charge in [-0.3, -0.25) is 4.79 Å². The van der Waals surface area contributed by atoms with Gasteiger partial charge in [-0.2, -0.15) is 0 Å². The molecule has 1 aromatic heterocycles. The molecule has 80 valence electrons. The number of carbonyl (C=O) groups is 1. The number of hydrogen-bond acceptors (Lipinski definition) is 3. The standard InChI is InChI=1S/C10H11IN2O2/c1-10(2,11)6-3-7-9(12-4-6)15-5-8(14)13-7/h3-4H,5H2,1-2H3,(H,13,14). The zero-order chi connectivity index (χ0) is 11.1. The molecule has 0 saturated carbocycles. The quantitative estimate of drug-likeness (QED) is 0.637. The highest BCUT2D eigenvalue weighted by atomic mass is 127. The predicted octanol–water partition coefficient (Wildman–Crippen LogP) is 2.08. The Balaban J connectivity index is 2.41. The summed E-state index contributed by atoms with van der Waals surface area (Å²) in [4.78, 5) is 15.3. The molecule has 0 aliphatic carbocycles. The van der Waals surface area contributed by atoms with Crippen molar-refractivity contribution in [1.29, 1.82) is 0 Å². The monoisotopic (exact) mass is 318 g/mol. The SMILES string of the molecule is CC(C)(I)c1cnc2c(c1)NC(=O)CO2. The van der Waals surface area contributed by atoms with Gasteiger partial charge in [-0.25, -0.2) is 4.98 Å². The number of fused-ring (bicyclic) bond motifs is 1. The average Bonchev–Trinajstić information content (AvgIpc) is 2.15. The van der Waals surface area contributed by atoms with E-state index in [1.807, 2.05) is 6.07 Å². The minimum Gasteiger partial charge on any atom is -0.466 e. The van der Waals surface area contributed by atoms with Crippen molar-refractivity contribution in [2.24, 2.45) is 0 Å². The van der Waals surface area contributed by atoms with Crippen molar-refractivity contribution in [1.82, 2.24) is 4.98 Å². The van der Waals surface area contributed by atoms with Crippen LogP contribution in [0.1, 0.15) is 19.4 Å². The number of nitrogens with one attached hydrogen (secondary N) is 1. The van der Waals surface area contributed by atoms with E-state index in [0.29, 0.717) is 11.6 Å². The Morgan fingerprint density at radius 1 is 1.60 bits per heavy atom. The summed E-state index contributed by atoms with van der Waals surface area (Å²) < 4.78 is 5.17. The first kappa shape index (κ1) is 10.7. The van der Waals surface area contributed by atoms with Crippen LogP contribution in [-0.2, 0) is 8.22 Å². The molecule has 2 rings (SSSR count). The second kappa shape index (κ2) is 3.62. The van der Waals surface area contributed by atoms with E-state index in [1.165, 1.54) is 0 Å². The Bertz CT molecular complexity index is 412. The zero-order valence-corrected chi connectivity index (χ0v) is 10.7. The van der Waals surface area contributed by atoms with Crippen LogP contribution in [0, 0.1) is 0 Å². The highest BCUT2D eigenvalue weighted by Gasteiger charge is 2.22. The van der Waals surface area contributed by atoms with Crippen LogP contribution in [0.5, 0.6) is 5.88 Å². The first-order chi connectivity index (χ1) is 6.97. The number of halogens is 1. The number of hydrogen-bond donors (Lipinski definition) is 1. The number of amides is 1. The van der Waals surface area contributed by atoms with E-state index < -0.39 is 0 Å². The summed E-state index contributed by atoms with van der Waals surface area (Å²) in [5.74, 6) is 0.367. The van der Waals surface area contributed by atoms with E-state index >= 15 is 0 Å². The second-order valence-corrected chi connectivity index (χ2v) is 6.58. The van der Waals surface area contributed by atoms with Crippen molar-refractivity contribution in [3.63, 3.8) is 0 Å². The Hall–Kier alpha value is -0.850. The van der Waals surface area contributed by atoms with Gasteiger partial charge in [0.05, 0.1) is 0 Å². The van der Waals surface area contributed by atoms with Crippen LogP contribution in [0.25, 0.3) is 0 Å². The lowest BCUT2D eigenvalue weighted by Crippen LogP contribution is -2.26. The maximum atomic E-state index is 11.1. The fourth-order valence-corrected chi connectivity index (χ4v) is 1.60. The summed E-state index contributed by atoms with van der Waals surface area (Å²) in [6, 6.07) is 1.91. The number of carbonyl (C=O) groups excluding carboxylic acids is 1. The number of alkyl halides is 1. The van der Waals surface area contributed by atoms with Gasteiger partial charge in [-0.1, -0.05) is 22.6 Å². The van der Waals surface area contributed by atoms with Gasteiger partial charge in [-0.15, -0.1) is 0 Å². The molecule has 0 saturated heterocycles. The summed E-state index contributed by atoms with van der Waals surface area (Å²) in [6.07, 6.45) is 1.78. The molecule has 0 radical (unpaired) electrons. The smallest absolute Gasteiger partial charge is 0.262 e. The molecule has 4 nitrogen and oxygen atoms in total. The molecule has 1 aliphatic heterocycles. The third-order valence-corrected chi connectivity index (χ3v) is 2.77. The predicted molar refractivity (Wildman–Crippen MR) is 65.4 cm³/mol. The van der Waals surface area contributed by atoms with E-state index in [-0.39, 0.29) is 15.9 Å². The molecule has 15 heavy (non-hydrogen) atoms. The largest absolute Gasteiger partial charge is 0.466 e. The van der Waals surface area contributed by atoms with E-state index in [2.05, 4.69) is 46.7 Å². The van der Waals surface area contributed by atoms with Crippen molar-refractivity contribution in [2.45, 2.75) is 17.3 Å². The Kier molecular flexibility index (Phi) is 2.57. The summed E-state index contributed by atoms with van der Waals surface area (Å²) in [7, 11) is 0. The van der Waals surface area contributed by atoms with E-state index in [0.717, 1.165) is 5.56 Å². The first-order valence-corrected chi connectivity index (χ1v) is 5.67. The number of rotatable bonds is 1. The Morgan fingerprint density at radius 2 is 2.33 bits per heavy atom. The first-order valence-electron chi connectivity index (χ1n) is 4.59. The number of ether oxygens (including phenoxy) is 1. The highest BCUT2D eigenvalue weighted by Crippen LogP contribution is 2.34. The molecular weight excluding hydrogens is 307 g/mol. The van der Waals surface area contributed by atoms with Gasteiger partial charge in [-0.05, 0) is 25.5 Å². The van der Waals surface area contributed by atoms with E-state index in [9.17, 15) is 4.79 Å². The third kappa shape index (κ3) is 2.22. The van der Waals surface area contributed by atoms with Crippen LogP contribution in [0.3, 0.4) is 0 Å². The molecule has 1 aromatic rings. The number of pyridine rings is 1. The minimum atomic E-state index is -0.132. The number of aromatic nitrogens is 1.